The molecule has 4 rings (SSSR count). The highest BCUT2D eigenvalue weighted by molar-refractivity contribution is 6.33. The Morgan fingerprint density at radius 1 is 1.26 bits per heavy atom. The molecule has 1 N–H and O–H groups in total. The molecule has 0 atom stereocenters. The lowest BCUT2D eigenvalue weighted by Gasteiger charge is -2.27. The van der Waals surface area contributed by atoms with Crippen molar-refractivity contribution in [2.75, 3.05) is 7.05 Å². The number of benzene rings is 1. The third-order valence-electron chi connectivity index (χ3n) is 4.94. The van der Waals surface area contributed by atoms with Crippen LogP contribution in [0.15, 0.2) is 30.3 Å². The molecule has 2 aliphatic carbocycles. The van der Waals surface area contributed by atoms with Crippen LogP contribution in [0.25, 0.3) is 11.3 Å². The fraction of sp³-hybridized carbons (Fsp3) is 0.444. The lowest BCUT2D eigenvalue weighted by atomic mass is 10.1. The minimum Gasteiger partial charge on any atom is -0.337 e. The molecule has 1 aromatic heterocycles. The van der Waals surface area contributed by atoms with Crippen LogP contribution in [0.2, 0.25) is 5.02 Å². The van der Waals surface area contributed by atoms with E-state index in [1.54, 1.807) is 6.07 Å². The second-order valence-electron chi connectivity index (χ2n) is 6.73. The summed E-state index contributed by atoms with van der Waals surface area (Å²) in [6, 6.07) is 9.74. The Labute approximate surface area is 140 Å². The number of halogens is 1. The third-order valence-corrected chi connectivity index (χ3v) is 5.27. The Kier molecular flexibility index (Phi) is 3.64. The first-order valence-corrected chi connectivity index (χ1v) is 8.60. The largest absolute Gasteiger partial charge is 0.337 e. The summed E-state index contributed by atoms with van der Waals surface area (Å²) >= 11 is 6.21. The van der Waals surface area contributed by atoms with Gasteiger partial charge in [-0.25, -0.2) is 0 Å². The van der Waals surface area contributed by atoms with Crippen molar-refractivity contribution in [3.8, 4) is 11.3 Å². The van der Waals surface area contributed by atoms with Crippen LogP contribution in [0.1, 0.15) is 36.2 Å². The molecule has 0 spiro atoms. The van der Waals surface area contributed by atoms with E-state index in [9.17, 15) is 4.79 Å². The Morgan fingerprint density at radius 3 is 2.52 bits per heavy atom. The van der Waals surface area contributed by atoms with Crippen molar-refractivity contribution in [1.82, 2.24) is 15.1 Å². The number of rotatable bonds is 5. The Balaban J connectivity index is 1.56. The molecule has 4 nitrogen and oxygen atoms in total. The van der Waals surface area contributed by atoms with E-state index in [4.69, 9.17) is 11.6 Å². The van der Waals surface area contributed by atoms with Gasteiger partial charge in [-0.2, -0.15) is 5.10 Å². The molecule has 1 amide bonds. The molecule has 0 bridgehead atoms. The predicted octanol–water partition coefficient (Wildman–Crippen LogP) is 3.99. The van der Waals surface area contributed by atoms with E-state index in [1.807, 2.05) is 36.2 Å². The van der Waals surface area contributed by atoms with Crippen LogP contribution in [0.4, 0.5) is 0 Å². The summed E-state index contributed by atoms with van der Waals surface area (Å²) in [6.45, 7) is 0. The van der Waals surface area contributed by atoms with Crippen molar-refractivity contribution in [2.24, 2.45) is 11.8 Å². The second kappa shape index (κ2) is 5.68. The van der Waals surface area contributed by atoms with Gasteiger partial charge in [-0.15, -0.1) is 0 Å². The van der Waals surface area contributed by atoms with Crippen LogP contribution in [-0.4, -0.2) is 34.1 Å². The zero-order valence-corrected chi connectivity index (χ0v) is 13.9. The van der Waals surface area contributed by atoms with Gasteiger partial charge in [-0.05, 0) is 49.7 Å². The van der Waals surface area contributed by atoms with Gasteiger partial charge in [-0.3, -0.25) is 9.89 Å². The molecular weight excluding hydrogens is 310 g/mol. The first-order chi connectivity index (χ1) is 11.1. The molecule has 1 heterocycles. The molecule has 0 unspecified atom stereocenters. The number of carbonyl (C=O) groups excluding carboxylic acids is 1. The van der Waals surface area contributed by atoms with Crippen molar-refractivity contribution >= 4 is 17.5 Å². The van der Waals surface area contributed by atoms with Crippen LogP contribution in [0.3, 0.4) is 0 Å². The fourth-order valence-electron chi connectivity index (χ4n) is 3.46. The van der Waals surface area contributed by atoms with Crippen LogP contribution >= 0.6 is 11.6 Å². The third kappa shape index (κ3) is 2.88. The summed E-state index contributed by atoms with van der Waals surface area (Å²) in [5.41, 5.74) is 2.09. The number of hydrogen-bond donors (Lipinski definition) is 1. The normalized spacial score (nSPS) is 17.5. The number of aromatic amines is 1. The first-order valence-electron chi connectivity index (χ1n) is 8.22. The second-order valence-corrected chi connectivity index (χ2v) is 7.14. The maximum absolute atomic E-state index is 12.8. The van der Waals surface area contributed by atoms with Crippen LogP contribution in [0, 0.1) is 11.8 Å². The van der Waals surface area contributed by atoms with E-state index in [0.29, 0.717) is 34.3 Å². The number of carbonyl (C=O) groups is 1. The quantitative estimate of drug-likeness (QED) is 0.901. The monoisotopic (exact) mass is 329 g/mol. The molecular formula is C18H20ClN3O. The minimum absolute atomic E-state index is 0.0274. The molecule has 2 saturated carbocycles. The lowest BCUT2D eigenvalue weighted by Crippen LogP contribution is -2.40. The number of hydrogen-bond acceptors (Lipinski definition) is 2. The summed E-state index contributed by atoms with van der Waals surface area (Å²) in [6.07, 6.45) is 5.03. The van der Waals surface area contributed by atoms with E-state index in [-0.39, 0.29) is 5.91 Å². The zero-order valence-electron chi connectivity index (χ0n) is 13.1. The van der Waals surface area contributed by atoms with Crippen molar-refractivity contribution in [3.05, 3.63) is 41.0 Å². The minimum atomic E-state index is 0.0274. The SMILES string of the molecule is CN(C(=O)c1cc(-c2ccccc2Cl)n[nH]1)C(C1CC1)C1CC1. The maximum atomic E-state index is 12.8. The van der Waals surface area contributed by atoms with Crippen LogP contribution in [0.5, 0.6) is 0 Å². The van der Waals surface area contributed by atoms with Crippen molar-refractivity contribution < 1.29 is 4.79 Å². The van der Waals surface area contributed by atoms with Crippen LogP contribution in [-0.2, 0) is 0 Å². The highest BCUT2D eigenvalue weighted by Gasteiger charge is 2.45. The van der Waals surface area contributed by atoms with Crippen molar-refractivity contribution in [1.29, 1.82) is 0 Å². The summed E-state index contributed by atoms with van der Waals surface area (Å²) in [5, 5.41) is 7.80. The van der Waals surface area contributed by atoms with Crippen LogP contribution < -0.4 is 0 Å². The predicted molar refractivity (Wildman–Crippen MR) is 90.4 cm³/mol. The molecule has 0 radical (unpaired) electrons. The van der Waals surface area contributed by atoms with Gasteiger partial charge < -0.3 is 4.90 Å². The zero-order chi connectivity index (χ0) is 16.0. The fourth-order valence-corrected chi connectivity index (χ4v) is 3.69. The molecule has 5 heteroatoms. The Morgan fingerprint density at radius 2 is 1.91 bits per heavy atom. The highest BCUT2D eigenvalue weighted by Crippen LogP contribution is 2.47. The van der Waals surface area contributed by atoms with E-state index in [0.717, 1.165) is 5.56 Å². The number of nitrogens with zero attached hydrogens (tertiary/aromatic N) is 2. The Bertz CT molecular complexity index is 721. The van der Waals surface area contributed by atoms with Gasteiger partial charge in [0.2, 0.25) is 0 Å². The molecule has 23 heavy (non-hydrogen) atoms. The van der Waals surface area contributed by atoms with Gasteiger partial charge in [-0.1, -0.05) is 29.8 Å². The summed E-state index contributed by atoms with van der Waals surface area (Å²) in [7, 11) is 1.93. The van der Waals surface area contributed by atoms with Gasteiger partial charge in [0, 0.05) is 18.7 Å². The van der Waals surface area contributed by atoms with E-state index in [2.05, 4.69) is 10.2 Å². The van der Waals surface area contributed by atoms with Gasteiger partial charge in [0.25, 0.3) is 5.91 Å². The number of nitrogens with one attached hydrogen (secondary N) is 1. The molecule has 0 saturated heterocycles. The summed E-state index contributed by atoms with van der Waals surface area (Å²) in [5.74, 6) is 1.42. The van der Waals surface area contributed by atoms with Crippen molar-refractivity contribution in [2.45, 2.75) is 31.7 Å². The lowest BCUT2D eigenvalue weighted by molar-refractivity contribution is 0.0684. The number of H-pyrrole nitrogens is 1. The van der Waals surface area contributed by atoms with Gasteiger partial charge in [0.05, 0.1) is 10.7 Å². The van der Waals surface area contributed by atoms with E-state index >= 15 is 0 Å². The molecule has 1 aromatic carbocycles. The van der Waals surface area contributed by atoms with E-state index in [1.165, 1.54) is 25.7 Å². The number of aromatic nitrogens is 2. The van der Waals surface area contributed by atoms with Gasteiger partial charge in [0.1, 0.15) is 5.69 Å². The first kappa shape index (κ1) is 14.8. The average Bonchev–Trinajstić information content (AvgIpc) is 3.48. The smallest absolute Gasteiger partial charge is 0.271 e. The topological polar surface area (TPSA) is 49.0 Å². The molecule has 120 valence electrons. The van der Waals surface area contributed by atoms with Gasteiger partial charge in [0.15, 0.2) is 0 Å². The highest BCUT2D eigenvalue weighted by atomic mass is 35.5. The number of amides is 1. The molecule has 2 aliphatic rings. The van der Waals surface area contributed by atoms with E-state index < -0.39 is 0 Å². The molecule has 2 aromatic rings. The maximum Gasteiger partial charge on any atom is 0.271 e. The summed E-state index contributed by atoms with van der Waals surface area (Å²) < 4.78 is 0. The Hall–Kier alpha value is -1.81. The molecule has 0 aliphatic heterocycles. The standard InChI is InChI=1S/C18H20ClN3O/c1-22(17(11-6-7-11)12-8-9-12)18(23)16-10-15(20-21-16)13-4-2-3-5-14(13)19/h2-5,10-12,17H,6-9H2,1H3,(H,20,21). The average molecular weight is 330 g/mol. The van der Waals surface area contributed by atoms with Crippen molar-refractivity contribution in [3.63, 3.8) is 0 Å². The molecule has 2 fully saturated rings. The summed E-state index contributed by atoms with van der Waals surface area (Å²) in [4.78, 5) is 14.7. The van der Waals surface area contributed by atoms with Gasteiger partial charge >= 0.3 is 0 Å².